The molecule has 1 aliphatic heterocycles. The highest BCUT2D eigenvalue weighted by Gasteiger charge is 2.20. The first kappa shape index (κ1) is 14.3. The second kappa shape index (κ2) is 6.43. The molecular formula is C16H24N4O. The second-order valence-electron chi connectivity index (χ2n) is 6.13. The summed E-state index contributed by atoms with van der Waals surface area (Å²) in [6.45, 7) is 4.02. The molecule has 1 aromatic heterocycles. The minimum absolute atomic E-state index is 0.0297. The number of nitrogens with one attached hydrogen (secondary N) is 1. The highest BCUT2D eigenvalue weighted by atomic mass is 16.1. The van der Waals surface area contributed by atoms with Gasteiger partial charge in [-0.25, -0.2) is 4.98 Å². The van der Waals surface area contributed by atoms with E-state index >= 15 is 0 Å². The molecule has 0 radical (unpaired) electrons. The van der Waals surface area contributed by atoms with Crippen molar-refractivity contribution in [2.24, 2.45) is 0 Å². The molecule has 21 heavy (non-hydrogen) atoms. The van der Waals surface area contributed by atoms with Gasteiger partial charge in [-0.1, -0.05) is 18.9 Å². The smallest absolute Gasteiger partial charge is 0.270 e. The van der Waals surface area contributed by atoms with Crippen LogP contribution in [-0.2, 0) is 0 Å². The molecule has 2 aliphatic rings. The molecule has 0 aromatic carbocycles. The number of carbonyl (C=O) groups excluding carboxylic acids is 1. The van der Waals surface area contributed by atoms with Crippen LogP contribution in [0.3, 0.4) is 0 Å². The molecule has 1 aromatic rings. The van der Waals surface area contributed by atoms with Gasteiger partial charge in [-0.15, -0.1) is 0 Å². The van der Waals surface area contributed by atoms with E-state index in [1.165, 1.54) is 12.8 Å². The molecule has 0 unspecified atom stereocenters. The maximum Gasteiger partial charge on any atom is 0.270 e. The summed E-state index contributed by atoms with van der Waals surface area (Å²) in [7, 11) is 2.14. The van der Waals surface area contributed by atoms with Gasteiger partial charge in [-0.3, -0.25) is 4.79 Å². The predicted octanol–water partition coefficient (Wildman–Crippen LogP) is 1.51. The number of hydrogen-bond donors (Lipinski definition) is 1. The fourth-order valence-electron chi connectivity index (χ4n) is 3.09. The van der Waals surface area contributed by atoms with Crippen LogP contribution in [0.25, 0.3) is 0 Å². The summed E-state index contributed by atoms with van der Waals surface area (Å²) < 4.78 is 0. The monoisotopic (exact) mass is 288 g/mol. The van der Waals surface area contributed by atoms with Gasteiger partial charge in [0.15, 0.2) is 0 Å². The minimum atomic E-state index is -0.0297. The van der Waals surface area contributed by atoms with Crippen LogP contribution >= 0.6 is 0 Å². The maximum atomic E-state index is 12.3. The quantitative estimate of drug-likeness (QED) is 0.916. The summed E-state index contributed by atoms with van der Waals surface area (Å²) in [5, 5.41) is 3.10. The number of anilines is 1. The number of nitrogens with zero attached hydrogens (tertiary/aromatic N) is 3. The van der Waals surface area contributed by atoms with E-state index in [1.54, 1.807) is 0 Å². The maximum absolute atomic E-state index is 12.3. The van der Waals surface area contributed by atoms with Crippen LogP contribution in [0.4, 0.5) is 5.82 Å². The number of likely N-dealkylation sites (N-methyl/N-ethyl adjacent to an activating group) is 1. The Bertz CT molecular complexity index is 491. The van der Waals surface area contributed by atoms with Gasteiger partial charge in [0.1, 0.15) is 11.5 Å². The lowest BCUT2D eigenvalue weighted by Gasteiger charge is -2.33. The molecular weight excluding hydrogens is 264 g/mol. The molecule has 1 aliphatic carbocycles. The van der Waals surface area contributed by atoms with Crippen LogP contribution in [0.2, 0.25) is 0 Å². The van der Waals surface area contributed by atoms with E-state index < -0.39 is 0 Å². The van der Waals surface area contributed by atoms with Crippen LogP contribution in [0.1, 0.15) is 36.2 Å². The van der Waals surface area contributed by atoms with Gasteiger partial charge >= 0.3 is 0 Å². The van der Waals surface area contributed by atoms with Gasteiger partial charge < -0.3 is 15.1 Å². The van der Waals surface area contributed by atoms with Gasteiger partial charge in [-0.2, -0.15) is 0 Å². The Morgan fingerprint density at radius 1 is 1.19 bits per heavy atom. The SMILES string of the molecule is CN1CCN(c2cccc(C(=O)NC3CCCC3)n2)CC1. The first-order valence-electron chi connectivity index (χ1n) is 7.94. The largest absolute Gasteiger partial charge is 0.354 e. The van der Waals surface area contributed by atoms with Crippen molar-refractivity contribution in [3.05, 3.63) is 23.9 Å². The number of piperazine rings is 1. The fourth-order valence-corrected chi connectivity index (χ4v) is 3.09. The molecule has 2 heterocycles. The van der Waals surface area contributed by atoms with E-state index in [9.17, 15) is 4.79 Å². The average Bonchev–Trinajstić information content (AvgIpc) is 3.01. The molecule has 1 saturated carbocycles. The van der Waals surface area contributed by atoms with Gasteiger partial charge in [0, 0.05) is 32.2 Å². The lowest BCUT2D eigenvalue weighted by atomic mass is 10.2. The molecule has 0 bridgehead atoms. The summed E-state index contributed by atoms with van der Waals surface area (Å²) in [6.07, 6.45) is 4.65. The van der Waals surface area contributed by atoms with Crippen molar-refractivity contribution in [3.63, 3.8) is 0 Å². The van der Waals surface area contributed by atoms with Crippen molar-refractivity contribution in [1.29, 1.82) is 0 Å². The molecule has 5 nitrogen and oxygen atoms in total. The second-order valence-corrected chi connectivity index (χ2v) is 6.13. The van der Waals surface area contributed by atoms with Crippen LogP contribution in [0, 0.1) is 0 Å². The third kappa shape index (κ3) is 3.53. The molecule has 0 spiro atoms. The summed E-state index contributed by atoms with van der Waals surface area (Å²) in [5.74, 6) is 0.889. The number of rotatable bonds is 3. The molecule has 1 saturated heterocycles. The fraction of sp³-hybridized carbons (Fsp3) is 0.625. The molecule has 5 heteroatoms. The Labute approximate surface area is 126 Å². The van der Waals surface area contributed by atoms with E-state index in [2.05, 4.69) is 27.1 Å². The van der Waals surface area contributed by atoms with Crippen molar-refractivity contribution in [3.8, 4) is 0 Å². The Hall–Kier alpha value is -1.62. The molecule has 114 valence electrons. The summed E-state index contributed by atoms with van der Waals surface area (Å²) in [5.41, 5.74) is 0.540. The molecule has 0 atom stereocenters. The van der Waals surface area contributed by atoms with Crippen molar-refractivity contribution in [2.45, 2.75) is 31.7 Å². The molecule has 1 N–H and O–H groups in total. The van der Waals surface area contributed by atoms with E-state index in [4.69, 9.17) is 0 Å². The summed E-state index contributed by atoms with van der Waals surface area (Å²) in [4.78, 5) is 21.4. The summed E-state index contributed by atoms with van der Waals surface area (Å²) >= 11 is 0. The van der Waals surface area contributed by atoms with E-state index in [0.717, 1.165) is 44.8 Å². The third-order valence-electron chi connectivity index (χ3n) is 4.48. The lowest BCUT2D eigenvalue weighted by molar-refractivity contribution is 0.0933. The Kier molecular flexibility index (Phi) is 4.39. The van der Waals surface area contributed by atoms with Crippen molar-refractivity contribution in [1.82, 2.24) is 15.2 Å². The number of hydrogen-bond acceptors (Lipinski definition) is 4. The minimum Gasteiger partial charge on any atom is -0.354 e. The van der Waals surface area contributed by atoms with Crippen LogP contribution in [0.15, 0.2) is 18.2 Å². The van der Waals surface area contributed by atoms with E-state index in [0.29, 0.717) is 11.7 Å². The van der Waals surface area contributed by atoms with Crippen LogP contribution < -0.4 is 10.2 Å². The van der Waals surface area contributed by atoms with E-state index in [-0.39, 0.29) is 5.91 Å². The zero-order chi connectivity index (χ0) is 14.7. The number of carbonyl (C=O) groups is 1. The average molecular weight is 288 g/mol. The number of pyridine rings is 1. The molecule has 1 amide bonds. The highest BCUT2D eigenvalue weighted by molar-refractivity contribution is 5.92. The standard InChI is InChI=1S/C16H24N4O/c1-19-9-11-20(12-10-19)15-8-4-7-14(18-15)16(21)17-13-5-2-3-6-13/h4,7-8,13H,2-3,5-6,9-12H2,1H3,(H,17,21). The normalized spacial score (nSPS) is 20.7. The molecule has 3 rings (SSSR count). The first-order valence-corrected chi connectivity index (χ1v) is 7.94. The van der Waals surface area contributed by atoms with Gasteiger partial charge in [0.25, 0.3) is 5.91 Å². The van der Waals surface area contributed by atoms with Crippen molar-refractivity contribution in [2.75, 3.05) is 38.1 Å². The first-order chi connectivity index (χ1) is 10.2. The molecule has 2 fully saturated rings. The Morgan fingerprint density at radius 3 is 2.62 bits per heavy atom. The topological polar surface area (TPSA) is 48.5 Å². The lowest BCUT2D eigenvalue weighted by Crippen LogP contribution is -2.45. The van der Waals surface area contributed by atoms with E-state index in [1.807, 2.05) is 18.2 Å². The third-order valence-corrected chi connectivity index (χ3v) is 4.48. The summed E-state index contributed by atoms with van der Waals surface area (Å²) in [6, 6.07) is 6.08. The van der Waals surface area contributed by atoms with Gasteiger partial charge in [0.05, 0.1) is 0 Å². The number of aromatic nitrogens is 1. The van der Waals surface area contributed by atoms with Crippen LogP contribution in [-0.4, -0.2) is 55.1 Å². The van der Waals surface area contributed by atoms with Crippen molar-refractivity contribution < 1.29 is 4.79 Å². The highest BCUT2D eigenvalue weighted by Crippen LogP contribution is 2.18. The van der Waals surface area contributed by atoms with Gasteiger partial charge in [-0.05, 0) is 32.0 Å². The van der Waals surface area contributed by atoms with Gasteiger partial charge in [0.2, 0.25) is 0 Å². The predicted molar refractivity (Wildman–Crippen MR) is 83.7 cm³/mol. The zero-order valence-corrected chi connectivity index (χ0v) is 12.7. The Morgan fingerprint density at radius 2 is 1.90 bits per heavy atom. The zero-order valence-electron chi connectivity index (χ0n) is 12.7. The Balaban J connectivity index is 1.66. The number of amides is 1. The van der Waals surface area contributed by atoms with Crippen LogP contribution in [0.5, 0.6) is 0 Å². The van der Waals surface area contributed by atoms with Crippen molar-refractivity contribution >= 4 is 11.7 Å².